The lowest BCUT2D eigenvalue weighted by molar-refractivity contribution is -0.137. The van der Waals surface area contributed by atoms with Gasteiger partial charge in [0.25, 0.3) is 0 Å². The number of alkyl halides is 3. The van der Waals surface area contributed by atoms with Crippen LogP contribution in [0.5, 0.6) is 0 Å². The number of rotatable bonds is 2. The summed E-state index contributed by atoms with van der Waals surface area (Å²) in [5.74, 6) is 0.272. The Kier molecular flexibility index (Phi) is 5.86. The molecule has 1 saturated heterocycles. The molecule has 1 amide bonds. The predicted molar refractivity (Wildman–Crippen MR) is 111 cm³/mol. The highest BCUT2D eigenvalue weighted by molar-refractivity contribution is 6.33. The number of hydrogen-bond donors (Lipinski definition) is 0. The van der Waals surface area contributed by atoms with Gasteiger partial charge in [-0.15, -0.1) is 0 Å². The first-order chi connectivity index (χ1) is 14.2. The summed E-state index contributed by atoms with van der Waals surface area (Å²) in [6.45, 7) is 1.70. The number of carbonyl (C=O) groups excluding carboxylic acids is 1. The van der Waals surface area contributed by atoms with Gasteiger partial charge in [-0.2, -0.15) is 13.2 Å². The number of hydrogen-bond acceptors (Lipinski definition) is 3. The molecule has 2 aliphatic heterocycles. The molecule has 3 heterocycles. The number of anilines is 2. The number of aryl methyl sites for hydroxylation is 1. The Bertz CT molecular complexity index is 959. The van der Waals surface area contributed by atoms with E-state index in [9.17, 15) is 18.0 Å². The maximum atomic E-state index is 13.2. The van der Waals surface area contributed by atoms with Gasteiger partial charge in [0.05, 0.1) is 10.6 Å². The molecular formula is C21H20Cl2F3N3O. The van der Waals surface area contributed by atoms with Gasteiger partial charge >= 0.3 is 6.18 Å². The minimum atomic E-state index is -4.48. The van der Waals surface area contributed by atoms with E-state index in [1.165, 1.54) is 0 Å². The zero-order valence-electron chi connectivity index (χ0n) is 16.1. The molecule has 0 spiro atoms. The zero-order valence-corrected chi connectivity index (χ0v) is 17.6. The summed E-state index contributed by atoms with van der Waals surface area (Å²) in [5, 5.41) is 0.633. The van der Waals surface area contributed by atoms with E-state index in [-0.39, 0.29) is 16.8 Å². The van der Waals surface area contributed by atoms with Crippen LogP contribution < -0.4 is 9.80 Å². The molecule has 1 fully saturated rings. The maximum absolute atomic E-state index is 13.2. The number of fused-ring (bicyclic) bond motifs is 1. The minimum Gasteiger partial charge on any atom is -0.355 e. The standard InChI is InChI=1S/C21H20Cl2F3N3O/c22-16-3-4-18-14(10-16)2-1-7-29(18)20(30)13-5-8-28(9-6-13)19-17(23)11-15(12-27-19)21(24,25)26/h3-4,10-13H,1-2,5-9H2. The SMILES string of the molecule is O=C(C1CCN(c2ncc(C(F)(F)F)cc2Cl)CC1)N1CCCc2cc(Cl)ccc21. The maximum Gasteiger partial charge on any atom is 0.417 e. The minimum absolute atomic E-state index is 0.0311. The Morgan fingerprint density at radius 1 is 1.10 bits per heavy atom. The summed E-state index contributed by atoms with van der Waals surface area (Å²) in [5.41, 5.74) is 1.14. The summed E-state index contributed by atoms with van der Waals surface area (Å²) in [4.78, 5) is 20.8. The lowest BCUT2D eigenvalue weighted by Crippen LogP contribution is -2.44. The van der Waals surface area contributed by atoms with Crippen molar-refractivity contribution in [2.75, 3.05) is 29.4 Å². The molecule has 4 nitrogen and oxygen atoms in total. The number of pyridine rings is 1. The molecule has 9 heteroatoms. The van der Waals surface area contributed by atoms with E-state index in [1.807, 2.05) is 21.9 Å². The van der Waals surface area contributed by atoms with Gasteiger partial charge in [0.1, 0.15) is 5.82 Å². The van der Waals surface area contributed by atoms with E-state index < -0.39 is 11.7 Å². The second-order valence-corrected chi connectivity index (χ2v) is 8.50. The van der Waals surface area contributed by atoms with E-state index in [4.69, 9.17) is 23.2 Å². The molecule has 0 N–H and O–H groups in total. The number of nitrogens with zero attached hydrogens (tertiary/aromatic N) is 3. The average Bonchev–Trinajstić information content (AvgIpc) is 2.72. The van der Waals surface area contributed by atoms with Crippen molar-refractivity contribution in [3.63, 3.8) is 0 Å². The van der Waals surface area contributed by atoms with E-state index in [2.05, 4.69) is 4.98 Å². The monoisotopic (exact) mass is 457 g/mol. The second-order valence-electron chi connectivity index (χ2n) is 7.65. The van der Waals surface area contributed by atoms with Crippen LogP contribution in [0, 0.1) is 5.92 Å². The summed E-state index contributed by atoms with van der Waals surface area (Å²) < 4.78 is 38.5. The number of benzene rings is 1. The topological polar surface area (TPSA) is 36.4 Å². The van der Waals surface area contributed by atoms with Crippen LogP contribution in [0.1, 0.15) is 30.4 Å². The highest BCUT2D eigenvalue weighted by atomic mass is 35.5. The summed E-state index contributed by atoms with van der Waals surface area (Å²) >= 11 is 12.2. The summed E-state index contributed by atoms with van der Waals surface area (Å²) in [6, 6.07) is 6.51. The van der Waals surface area contributed by atoms with Crippen LogP contribution in [-0.4, -0.2) is 30.5 Å². The third-order valence-electron chi connectivity index (χ3n) is 5.72. The molecule has 0 bridgehead atoms. The van der Waals surface area contributed by atoms with Crippen molar-refractivity contribution in [2.45, 2.75) is 31.9 Å². The first-order valence-corrected chi connectivity index (χ1v) is 10.6. The van der Waals surface area contributed by atoms with Crippen LogP contribution in [-0.2, 0) is 17.4 Å². The van der Waals surface area contributed by atoms with Crippen LogP contribution in [0.15, 0.2) is 30.5 Å². The lowest BCUT2D eigenvalue weighted by Gasteiger charge is -2.37. The second kappa shape index (κ2) is 8.27. The molecule has 0 aliphatic carbocycles. The number of piperidine rings is 1. The van der Waals surface area contributed by atoms with Crippen LogP contribution in [0.3, 0.4) is 0 Å². The lowest BCUT2D eigenvalue weighted by atomic mass is 9.93. The quantitative estimate of drug-likeness (QED) is 0.588. The smallest absolute Gasteiger partial charge is 0.355 e. The predicted octanol–water partition coefficient (Wildman–Crippen LogP) is 5.60. The molecule has 2 aliphatic rings. The van der Waals surface area contributed by atoms with Crippen molar-refractivity contribution in [3.8, 4) is 0 Å². The Balaban J connectivity index is 1.44. The highest BCUT2D eigenvalue weighted by Crippen LogP contribution is 2.36. The number of carbonyl (C=O) groups is 1. The molecule has 1 aromatic heterocycles. The van der Waals surface area contributed by atoms with Gasteiger partial charge in [0.2, 0.25) is 5.91 Å². The van der Waals surface area contributed by atoms with Crippen molar-refractivity contribution in [2.24, 2.45) is 5.92 Å². The van der Waals surface area contributed by atoms with E-state index in [1.54, 1.807) is 6.07 Å². The summed E-state index contributed by atoms with van der Waals surface area (Å²) in [7, 11) is 0. The summed E-state index contributed by atoms with van der Waals surface area (Å²) in [6.07, 6.45) is -0.703. The Morgan fingerprint density at radius 3 is 2.50 bits per heavy atom. The molecular weight excluding hydrogens is 438 g/mol. The first kappa shape index (κ1) is 21.2. The Hall–Kier alpha value is -1.99. The molecule has 0 saturated carbocycles. The molecule has 30 heavy (non-hydrogen) atoms. The van der Waals surface area contributed by atoms with Crippen LogP contribution in [0.25, 0.3) is 0 Å². The number of aromatic nitrogens is 1. The van der Waals surface area contributed by atoms with Crippen molar-refractivity contribution < 1.29 is 18.0 Å². The van der Waals surface area contributed by atoms with Crippen LogP contribution in [0.2, 0.25) is 10.0 Å². The molecule has 0 atom stereocenters. The molecule has 0 radical (unpaired) electrons. The van der Waals surface area contributed by atoms with Gasteiger partial charge in [-0.25, -0.2) is 4.98 Å². The molecule has 160 valence electrons. The fourth-order valence-corrected chi connectivity index (χ4v) is 4.65. The third-order valence-corrected chi connectivity index (χ3v) is 6.23. The largest absolute Gasteiger partial charge is 0.417 e. The normalized spacial score (nSPS) is 17.8. The van der Waals surface area contributed by atoms with Gasteiger partial charge in [-0.3, -0.25) is 4.79 Å². The van der Waals surface area contributed by atoms with Crippen LogP contribution >= 0.6 is 23.2 Å². The highest BCUT2D eigenvalue weighted by Gasteiger charge is 2.34. The van der Waals surface area contributed by atoms with Gasteiger partial charge in [0, 0.05) is 42.5 Å². The molecule has 0 unspecified atom stereocenters. The first-order valence-electron chi connectivity index (χ1n) is 9.81. The van der Waals surface area contributed by atoms with Gasteiger partial charge in [-0.1, -0.05) is 23.2 Å². The Morgan fingerprint density at radius 2 is 1.83 bits per heavy atom. The molecule has 4 rings (SSSR count). The van der Waals surface area contributed by atoms with Crippen molar-refractivity contribution >= 4 is 40.6 Å². The zero-order chi connectivity index (χ0) is 21.5. The van der Waals surface area contributed by atoms with Crippen LogP contribution in [0.4, 0.5) is 24.7 Å². The van der Waals surface area contributed by atoms with Crippen molar-refractivity contribution in [1.82, 2.24) is 4.98 Å². The number of amides is 1. The van der Waals surface area contributed by atoms with Gasteiger partial charge in [-0.05, 0) is 55.5 Å². The molecule has 2 aromatic rings. The average molecular weight is 458 g/mol. The van der Waals surface area contributed by atoms with Crippen molar-refractivity contribution in [1.29, 1.82) is 0 Å². The fraction of sp³-hybridized carbons (Fsp3) is 0.429. The van der Waals surface area contributed by atoms with Gasteiger partial charge in [0.15, 0.2) is 0 Å². The van der Waals surface area contributed by atoms with E-state index >= 15 is 0 Å². The van der Waals surface area contributed by atoms with E-state index in [0.717, 1.165) is 36.4 Å². The van der Waals surface area contributed by atoms with Crippen molar-refractivity contribution in [3.05, 3.63) is 51.6 Å². The Labute approximate surface area is 182 Å². The third kappa shape index (κ3) is 4.23. The van der Waals surface area contributed by atoms with Gasteiger partial charge < -0.3 is 9.80 Å². The number of halogens is 5. The molecule has 1 aromatic carbocycles. The van der Waals surface area contributed by atoms with E-state index in [0.29, 0.717) is 43.3 Å². The fourth-order valence-electron chi connectivity index (χ4n) is 4.17.